The lowest BCUT2D eigenvalue weighted by molar-refractivity contribution is -0.118. The number of phenols is 1. The minimum absolute atomic E-state index is 0.0327. The Morgan fingerprint density at radius 2 is 1.83 bits per heavy atom. The van der Waals surface area contributed by atoms with Gasteiger partial charge in [-0.05, 0) is 83.0 Å². The van der Waals surface area contributed by atoms with Crippen LogP contribution >= 0.6 is 15.9 Å². The molecule has 3 aromatic carbocycles. The number of benzene rings is 3. The number of carbonyl (C=O) groups is 2. The normalized spacial score (nSPS) is 10.8. The number of ether oxygens (including phenoxy) is 2. The fourth-order valence-corrected chi connectivity index (χ4v) is 3.59. The van der Waals surface area contributed by atoms with Crippen LogP contribution in [0.3, 0.4) is 0 Å². The van der Waals surface area contributed by atoms with E-state index in [1.807, 2.05) is 6.07 Å². The highest BCUT2D eigenvalue weighted by Crippen LogP contribution is 2.37. The predicted molar refractivity (Wildman–Crippen MR) is 136 cm³/mol. The Labute approximate surface area is 215 Å². The average Bonchev–Trinajstić information content (AvgIpc) is 2.85. The first-order valence-electron chi connectivity index (χ1n) is 10.7. The minimum atomic E-state index is -0.637. The second kappa shape index (κ2) is 12.4. The number of hydrogen-bond donors (Lipinski definition) is 3. The molecule has 2 amide bonds. The molecule has 0 fully saturated rings. The van der Waals surface area contributed by atoms with E-state index >= 15 is 0 Å². The van der Waals surface area contributed by atoms with Crippen LogP contribution in [0.4, 0.5) is 15.8 Å². The number of nitrogens with zero attached hydrogens (tertiary/aromatic N) is 1. The first-order chi connectivity index (χ1) is 17.3. The summed E-state index contributed by atoms with van der Waals surface area (Å²) >= 11 is 3.37. The maximum atomic E-state index is 13.8. The summed E-state index contributed by atoms with van der Waals surface area (Å²) in [5, 5.41) is 23.9. The van der Waals surface area contributed by atoms with Crippen molar-refractivity contribution in [2.75, 3.05) is 23.8 Å². The SMILES string of the molecule is CCOc1cc(/C=C(\C#N)C(=O)Nc2ccc(O)cc2)cc(Br)c1OCC(=O)Nc1ccccc1F. The van der Waals surface area contributed by atoms with Crippen molar-refractivity contribution >= 4 is 45.2 Å². The lowest BCUT2D eigenvalue weighted by atomic mass is 10.1. The summed E-state index contributed by atoms with van der Waals surface area (Å²) < 4.78 is 25.4. The highest BCUT2D eigenvalue weighted by atomic mass is 79.9. The number of nitriles is 1. The maximum absolute atomic E-state index is 13.8. The van der Waals surface area contributed by atoms with Crippen LogP contribution in [0, 0.1) is 17.1 Å². The molecule has 3 N–H and O–H groups in total. The average molecular weight is 554 g/mol. The van der Waals surface area contributed by atoms with Gasteiger partial charge in [0.05, 0.1) is 16.8 Å². The minimum Gasteiger partial charge on any atom is -0.508 e. The van der Waals surface area contributed by atoms with Crippen LogP contribution in [0.15, 0.2) is 70.7 Å². The largest absolute Gasteiger partial charge is 0.508 e. The third-order valence-electron chi connectivity index (χ3n) is 4.63. The molecular formula is C26H21BrFN3O5. The van der Waals surface area contributed by atoms with Crippen molar-refractivity contribution in [2.45, 2.75) is 6.92 Å². The van der Waals surface area contributed by atoms with Crippen LogP contribution in [-0.2, 0) is 9.59 Å². The molecule has 184 valence electrons. The van der Waals surface area contributed by atoms with Crippen LogP contribution in [0.1, 0.15) is 12.5 Å². The second-order valence-electron chi connectivity index (χ2n) is 7.25. The molecule has 0 aliphatic heterocycles. The second-order valence-corrected chi connectivity index (χ2v) is 8.10. The summed E-state index contributed by atoms with van der Waals surface area (Å²) in [6.45, 7) is 1.63. The van der Waals surface area contributed by atoms with Crippen molar-refractivity contribution in [1.29, 1.82) is 5.26 Å². The number of nitrogens with one attached hydrogen (secondary N) is 2. The van der Waals surface area contributed by atoms with Crippen LogP contribution in [0.2, 0.25) is 0 Å². The summed E-state index contributed by atoms with van der Waals surface area (Å²) in [5.74, 6) is -1.23. The van der Waals surface area contributed by atoms with Gasteiger partial charge in [0.1, 0.15) is 23.2 Å². The lowest BCUT2D eigenvalue weighted by Gasteiger charge is -2.15. The molecular weight excluding hydrogens is 533 g/mol. The van der Waals surface area contributed by atoms with Crippen molar-refractivity contribution in [2.24, 2.45) is 0 Å². The van der Waals surface area contributed by atoms with E-state index in [1.165, 1.54) is 48.5 Å². The molecule has 0 bridgehead atoms. The van der Waals surface area contributed by atoms with E-state index in [4.69, 9.17) is 9.47 Å². The number of para-hydroxylation sites is 1. The number of hydrogen-bond acceptors (Lipinski definition) is 6. The number of anilines is 2. The monoisotopic (exact) mass is 553 g/mol. The number of amides is 2. The summed E-state index contributed by atoms with van der Waals surface area (Å²) in [6.07, 6.45) is 1.37. The van der Waals surface area contributed by atoms with Gasteiger partial charge in [0.25, 0.3) is 11.8 Å². The van der Waals surface area contributed by atoms with Crippen molar-refractivity contribution in [3.8, 4) is 23.3 Å². The van der Waals surface area contributed by atoms with E-state index in [-0.39, 0.29) is 35.1 Å². The van der Waals surface area contributed by atoms with Gasteiger partial charge < -0.3 is 25.2 Å². The Morgan fingerprint density at radius 1 is 1.11 bits per heavy atom. The zero-order valence-corrected chi connectivity index (χ0v) is 20.6. The quantitative estimate of drug-likeness (QED) is 0.189. The Morgan fingerprint density at radius 3 is 2.50 bits per heavy atom. The van der Waals surface area contributed by atoms with Crippen molar-refractivity contribution in [3.05, 3.63) is 82.1 Å². The number of aromatic hydroxyl groups is 1. The molecule has 0 aliphatic carbocycles. The molecule has 0 aliphatic rings. The van der Waals surface area contributed by atoms with Crippen molar-refractivity contribution in [1.82, 2.24) is 0 Å². The van der Waals surface area contributed by atoms with Crippen LogP contribution in [0.5, 0.6) is 17.2 Å². The molecule has 3 aromatic rings. The zero-order chi connectivity index (χ0) is 26.1. The molecule has 0 atom stereocenters. The fraction of sp³-hybridized carbons (Fsp3) is 0.115. The molecule has 0 saturated carbocycles. The topological polar surface area (TPSA) is 121 Å². The Kier molecular flexibility index (Phi) is 9.02. The van der Waals surface area contributed by atoms with Gasteiger partial charge in [-0.15, -0.1) is 0 Å². The summed E-state index contributed by atoms with van der Waals surface area (Å²) in [6, 6.07) is 16.6. The standard InChI is InChI=1S/C26H21BrFN3O5/c1-2-35-23-13-16(11-17(14-29)26(34)30-18-7-9-19(32)10-8-18)12-20(27)25(23)36-15-24(33)31-22-6-4-3-5-21(22)28/h3-13,32H,2,15H2,1H3,(H,30,34)(H,31,33)/b17-11+. The van der Waals surface area contributed by atoms with Crippen molar-refractivity contribution in [3.63, 3.8) is 0 Å². The molecule has 0 heterocycles. The Balaban J connectivity index is 1.77. The maximum Gasteiger partial charge on any atom is 0.266 e. The first-order valence-corrected chi connectivity index (χ1v) is 11.5. The van der Waals surface area contributed by atoms with Gasteiger partial charge in [0, 0.05) is 5.69 Å². The number of rotatable bonds is 9. The molecule has 3 rings (SSSR count). The van der Waals surface area contributed by atoms with Gasteiger partial charge in [0.15, 0.2) is 18.1 Å². The molecule has 0 radical (unpaired) electrons. The molecule has 8 nitrogen and oxygen atoms in total. The van der Waals surface area contributed by atoms with Gasteiger partial charge in [-0.1, -0.05) is 12.1 Å². The third kappa shape index (κ3) is 7.07. The van der Waals surface area contributed by atoms with Crippen LogP contribution in [0.25, 0.3) is 6.08 Å². The number of halogens is 2. The zero-order valence-electron chi connectivity index (χ0n) is 19.0. The van der Waals surface area contributed by atoms with E-state index in [1.54, 1.807) is 25.1 Å². The number of carbonyl (C=O) groups excluding carboxylic acids is 2. The highest BCUT2D eigenvalue weighted by molar-refractivity contribution is 9.10. The molecule has 0 saturated heterocycles. The van der Waals surface area contributed by atoms with E-state index in [2.05, 4.69) is 26.6 Å². The van der Waals surface area contributed by atoms with Crippen LogP contribution in [-0.4, -0.2) is 30.1 Å². The third-order valence-corrected chi connectivity index (χ3v) is 5.22. The van der Waals surface area contributed by atoms with Crippen molar-refractivity contribution < 1.29 is 28.6 Å². The Hall–Kier alpha value is -4.36. The highest BCUT2D eigenvalue weighted by Gasteiger charge is 2.16. The predicted octanol–water partition coefficient (Wildman–Crippen LogP) is 5.26. The smallest absolute Gasteiger partial charge is 0.266 e. The van der Waals surface area contributed by atoms with Gasteiger partial charge in [-0.25, -0.2) is 4.39 Å². The Bertz CT molecular complexity index is 1340. The molecule has 0 spiro atoms. The summed E-state index contributed by atoms with van der Waals surface area (Å²) in [5.41, 5.74) is 0.735. The van der Waals surface area contributed by atoms with E-state index in [9.17, 15) is 24.3 Å². The van der Waals surface area contributed by atoms with E-state index in [0.717, 1.165) is 0 Å². The van der Waals surface area contributed by atoms with E-state index < -0.39 is 24.2 Å². The summed E-state index contributed by atoms with van der Waals surface area (Å²) in [4.78, 5) is 24.8. The fourth-order valence-electron chi connectivity index (χ4n) is 3.02. The first kappa shape index (κ1) is 26.2. The molecule has 36 heavy (non-hydrogen) atoms. The molecule has 0 unspecified atom stereocenters. The van der Waals surface area contributed by atoms with Gasteiger partial charge >= 0.3 is 0 Å². The van der Waals surface area contributed by atoms with Gasteiger partial charge in [0.2, 0.25) is 0 Å². The molecule has 10 heteroatoms. The summed E-state index contributed by atoms with van der Waals surface area (Å²) in [7, 11) is 0. The lowest BCUT2D eigenvalue weighted by Crippen LogP contribution is -2.21. The number of phenolic OH excluding ortho intramolecular Hbond substituents is 1. The van der Waals surface area contributed by atoms with Gasteiger partial charge in [-0.2, -0.15) is 5.26 Å². The van der Waals surface area contributed by atoms with Gasteiger partial charge in [-0.3, -0.25) is 9.59 Å². The van der Waals surface area contributed by atoms with Crippen LogP contribution < -0.4 is 20.1 Å². The van der Waals surface area contributed by atoms with E-state index in [0.29, 0.717) is 15.7 Å². The molecule has 0 aromatic heterocycles.